The zero-order valence-corrected chi connectivity index (χ0v) is 15.5. The molecule has 138 valence electrons. The Balaban J connectivity index is 1.43. The van der Waals surface area contributed by atoms with Crippen molar-refractivity contribution >= 4 is 11.7 Å². The van der Waals surface area contributed by atoms with Gasteiger partial charge in [0.25, 0.3) is 0 Å². The fraction of sp³-hybridized carbons (Fsp3) is 0.667. The van der Waals surface area contributed by atoms with Crippen LogP contribution in [0, 0.1) is 5.92 Å². The van der Waals surface area contributed by atoms with E-state index in [1.165, 1.54) is 43.6 Å². The highest BCUT2D eigenvalue weighted by molar-refractivity contribution is 5.72. The number of carbonyl (C=O) groups is 1. The van der Waals surface area contributed by atoms with Crippen LogP contribution in [0.1, 0.15) is 57.4 Å². The van der Waals surface area contributed by atoms with Gasteiger partial charge in [-0.1, -0.05) is 18.6 Å². The largest absolute Gasteiger partial charge is 0.466 e. The fourth-order valence-corrected chi connectivity index (χ4v) is 4.05. The highest BCUT2D eigenvalue weighted by Gasteiger charge is 2.27. The molecule has 2 fully saturated rings. The van der Waals surface area contributed by atoms with Crippen molar-refractivity contribution in [3.63, 3.8) is 0 Å². The summed E-state index contributed by atoms with van der Waals surface area (Å²) in [6, 6.07) is 9.38. The van der Waals surface area contributed by atoms with Crippen molar-refractivity contribution in [2.24, 2.45) is 5.92 Å². The van der Waals surface area contributed by atoms with Gasteiger partial charge in [0, 0.05) is 18.3 Å². The molecule has 0 radical (unpaired) electrons. The second-order valence-electron chi connectivity index (χ2n) is 7.48. The molecule has 1 saturated heterocycles. The highest BCUT2D eigenvalue weighted by atomic mass is 16.5. The van der Waals surface area contributed by atoms with E-state index in [0.717, 1.165) is 32.2 Å². The zero-order valence-electron chi connectivity index (χ0n) is 15.5. The lowest BCUT2D eigenvalue weighted by Crippen LogP contribution is -2.30. The summed E-state index contributed by atoms with van der Waals surface area (Å²) in [5.74, 6) is 0.0907. The van der Waals surface area contributed by atoms with Crippen molar-refractivity contribution in [1.29, 1.82) is 0 Å². The first-order valence-corrected chi connectivity index (χ1v) is 9.99. The summed E-state index contributed by atoms with van der Waals surface area (Å²) in [7, 11) is 0. The van der Waals surface area contributed by atoms with Crippen LogP contribution < -0.4 is 5.32 Å². The van der Waals surface area contributed by atoms with Gasteiger partial charge in [-0.3, -0.25) is 9.69 Å². The van der Waals surface area contributed by atoms with Crippen LogP contribution in [0.5, 0.6) is 0 Å². The summed E-state index contributed by atoms with van der Waals surface area (Å²) < 4.78 is 5.15. The first-order chi connectivity index (χ1) is 12.2. The Bertz CT molecular complexity index is 529. The third-order valence-corrected chi connectivity index (χ3v) is 5.53. The van der Waals surface area contributed by atoms with Crippen molar-refractivity contribution in [3.05, 3.63) is 29.8 Å². The Kier molecular flexibility index (Phi) is 6.74. The maximum Gasteiger partial charge on any atom is 0.308 e. The molecule has 4 heteroatoms. The summed E-state index contributed by atoms with van der Waals surface area (Å²) in [4.78, 5) is 14.4. The van der Waals surface area contributed by atoms with Gasteiger partial charge in [0.2, 0.25) is 0 Å². The Morgan fingerprint density at radius 1 is 1.08 bits per heavy atom. The number of ether oxygens (including phenoxy) is 1. The Hall–Kier alpha value is -1.55. The highest BCUT2D eigenvalue weighted by Crippen LogP contribution is 2.27. The molecule has 1 heterocycles. The van der Waals surface area contributed by atoms with E-state index in [1.807, 2.05) is 6.92 Å². The van der Waals surface area contributed by atoms with Gasteiger partial charge in [0.05, 0.1) is 12.5 Å². The number of rotatable bonds is 6. The number of anilines is 1. The lowest BCUT2D eigenvalue weighted by atomic mass is 9.86. The summed E-state index contributed by atoms with van der Waals surface area (Å²) >= 11 is 0. The molecule has 1 aromatic carbocycles. The van der Waals surface area contributed by atoms with Crippen LogP contribution in [-0.2, 0) is 16.1 Å². The predicted octanol–water partition coefficient (Wildman–Crippen LogP) is 4.21. The molecule has 2 aliphatic rings. The summed E-state index contributed by atoms with van der Waals surface area (Å²) in [6.07, 6.45) is 8.02. The smallest absolute Gasteiger partial charge is 0.308 e. The normalized spacial score (nSPS) is 24.7. The Morgan fingerprint density at radius 2 is 1.76 bits per heavy atom. The number of nitrogens with one attached hydrogen (secondary N) is 1. The number of hydrogen-bond donors (Lipinski definition) is 1. The quantitative estimate of drug-likeness (QED) is 0.785. The number of nitrogens with zero attached hydrogens (tertiary/aromatic N) is 1. The van der Waals surface area contributed by atoms with Gasteiger partial charge in [-0.15, -0.1) is 0 Å². The molecule has 0 aromatic heterocycles. The number of benzene rings is 1. The number of piperidine rings is 1. The molecule has 1 saturated carbocycles. The molecule has 1 aromatic rings. The van der Waals surface area contributed by atoms with E-state index in [0.29, 0.717) is 12.6 Å². The third kappa shape index (κ3) is 5.46. The average Bonchev–Trinajstić information content (AvgIpc) is 2.65. The minimum atomic E-state index is -0.0111. The van der Waals surface area contributed by atoms with E-state index < -0.39 is 0 Å². The van der Waals surface area contributed by atoms with Crippen LogP contribution in [-0.4, -0.2) is 36.6 Å². The van der Waals surface area contributed by atoms with E-state index in [1.54, 1.807) is 0 Å². The summed E-state index contributed by atoms with van der Waals surface area (Å²) in [5.41, 5.74) is 2.60. The first-order valence-electron chi connectivity index (χ1n) is 9.99. The van der Waals surface area contributed by atoms with Crippen LogP contribution in [0.4, 0.5) is 5.69 Å². The minimum absolute atomic E-state index is 0.0111. The molecule has 1 N–H and O–H groups in total. The van der Waals surface area contributed by atoms with Gasteiger partial charge in [-0.05, 0) is 76.2 Å². The number of hydrogen-bond acceptors (Lipinski definition) is 4. The number of esters is 1. The summed E-state index contributed by atoms with van der Waals surface area (Å²) in [5, 5.41) is 3.64. The van der Waals surface area contributed by atoms with Gasteiger partial charge in [-0.2, -0.15) is 0 Å². The van der Waals surface area contributed by atoms with E-state index in [9.17, 15) is 4.79 Å². The van der Waals surface area contributed by atoms with Gasteiger partial charge in [0.1, 0.15) is 0 Å². The van der Waals surface area contributed by atoms with Crippen LogP contribution in [0.3, 0.4) is 0 Å². The molecule has 0 bridgehead atoms. The second kappa shape index (κ2) is 9.23. The monoisotopic (exact) mass is 344 g/mol. The van der Waals surface area contributed by atoms with Gasteiger partial charge in [-0.25, -0.2) is 0 Å². The number of likely N-dealkylation sites (tertiary alicyclic amines) is 1. The molecule has 0 spiro atoms. The fourth-order valence-electron chi connectivity index (χ4n) is 4.05. The molecule has 0 amide bonds. The zero-order chi connectivity index (χ0) is 17.5. The van der Waals surface area contributed by atoms with E-state index in [-0.39, 0.29) is 11.9 Å². The molecule has 25 heavy (non-hydrogen) atoms. The lowest BCUT2D eigenvalue weighted by molar-refractivity contribution is -0.149. The van der Waals surface area contributed by atoms with Crippen molar-refractivity contribution in [1.82, 2.24) is 4.90 Å². The number of carbonyl (C=O) groups excluding carboxylic acids is 1. The van der Waals surface area contributed by atoms with Crippen LogP contribution in [0.2, 0.25) is 0 Å². The summed E-state index contributed by atoms with van der Waals surface area (Å²) in [6.45, 7) is 5.92. The Labute approximate surface area is 151 Å². The van der Waals surface area contributed by atoms with Crippen molar-refractivity contribution < 1.29 is 9.53 Å². The molecule has 1 aliphatic heterocycles. The molecule has 0 unspecified atom stereocenters. The maximum absolute atomic E-state index is 11.8. The SMILES string of the molecule is CCOC(=O)C1CCC(Nc2ccc(CN3CCCCC3)cc2)CC1. The van der Waals surface area contributed by atoms with E-state index >= 15 is 0 Å². The average molecular weight is 344 g/mol. The van der Waals surface area contributed by atoms with Gasteiger partial charge < -0.3 is 10.1 Å². The first kappa shape index (κ1) is 18.2. The molecule has 4 nitrogen and oxygen atoms in total. The standard InChI is InChI=1S/C21H32N2O2/c1-2-25-21(24)18-8-12-20(13-9-18)22-19-10-6-17(7-11-19)16-23-14-4-3-5-15-23/h6-7,10-11,18,20,22H,2-5,8-9,12-16H2,1H3. The Morgan fingerprint density at radius 3 is 2.40 bits per heavy atom. The molecular formula is C21H32N2O2. The van der Waals surface area contributed by atoms with Crippen molar-refractivity contribution in [3.8, 4) is 0 Å². The molecular weight excluding hydrogens is 312 g/mol. The molecule has 1 aliphatic carbocycles. The second-order valence-corrected chi connectivity index (χ2v) is 7.48. The molecule has 3 rings (SSSR count). The van der Waals surface area contributed by atoms with Crippen molar-refractivity contribution in [2.75, 3.05) is 25.0 Å². The minimum Gasteiger partial charge on any atom is -0.466 e. The lowest BCUT2D eigenvalue weighted by Gasteiger charge is -2.29. The van der Waals surface area contributed by atoms with Crippen molar-refractivity contribution in [2.45, 2.75) is 64.5 Å². The maximum atomic E-state index is 11.8. The van der Waals surface area contributed by atoms with Crippen LogP contribution in [0.25, 0.3) is 0 Å². The van der Waals surface area contributed by atoms with E-state index in [4.69, 9.17) is 4.74 Å². The predicted molar refractivity (Wildman–Crippen MR) is 102 cm³/mol. The van der Waals surface area contributed by atoms with Gasteiger partial charge in [0.15, 0.2) is 0 Å². The van der Waals surface area contributed by atoms with Gasteiger partial charge >= 0.3 is 5.97 Å². The van der Waals surface area contributed by atoms with Crippen LogP contribution in [0.15, 0.2) is 24.3 Å². The topological polar surface area (TPSA) is 41.6 Å². The van der Waals surface area contributed by atoms with Crippen LogP contribution >= 0.6 is 0 Å². The molecule has 0 atom stereocenters. The third-order valence-electron chi connectivity index (χ3n) is 5.53. The van der Waals surface area contributed by atoms with E-state index in [2.05, 4.69) is 34.5 Å².